The van der Waals surface area contributed by atoms with Crippen LogP contribution in [0.5, 0.6) is 17.2 Å². The molecule has 1 aromatic carbocycles. The van der Waals surface area contributed by atoms with Gasteiger partial charge in [0, 0.05) is 18.0 Å². The van der Waals surface area contributed by atoms with Crippen molar-refractivity contribution >= 4 is 0 Å². The highest BCUT2D eigenvalue weighted by Gasteiger charge is 2.04. The third kappa shape index (κ3) is 3.69. The van der Waals surface area contributed by atoms with E-state index in [0.717, 1.165) is 12.2 Å². The van der Waals surface area contributed by atoms with Gasteiger partial charge in [-0.15, -0.1) is 0 Å². The quantitative estimate of drug-likeness (QED) is 0.865. The van der Waals surface area contributed by atoms with Crippen LogP contribution >= 0.6 is 0 Å². The second-order valence-electron chi connectivity index (χ2n) is 4.06. The predicted octanol–water partition coefficient (Wildman–Crippen LogP) is 3.16. The number of hydrogen-bond donors (Lipinski definition) is 1. The van der Waals surface area contributed by atoms with Gasteiger partial charge in [-0.2, -0.15) is 0 Å². The molecule has 1 N–H and O–H groups in total. The summed E-state index contributed by atoms with van der Waals surface area (Å²) in [6.45, 7) is 2.68. The predicted molar refractivity (Wildman–Crippen MR) is 72.5 cm³/mol. The highest BCUT2D eigenvalue weighted by Crippen LogP contribution is 2.26. The van der Waals surface area contributed by atoms with E-state index in [1.54, 1.807) is 18.5 Å². The van der Waals surface area contributed by atoms with Crippen molar-refractivity contribution in [3.63, 3.8) is 0 Å². The number of rotatable bonds is 6. The van der Waals surface area contributed by atoms with Crippen molar-refractivity contribution in [1.82, 2.24) is 4.98 Å². The van der Waals surface area contributed by atoms with Crippen molar-refractivity contribution in [2.75, 3.05) is 6.61 Å². The highest BCUT2D eigenvalue weighted by molar-refractivity contribution is 5.37. The first kappa shape index (κ1) is 13.4. The molecular formula is C15H17NO3. The van der Waals surface area contributed by atoms with Crippen LogP contribution in [-0.4, -0.2) is 16.7 Å². The Kier molecular flexibility index (Phi) is 4.75. The zero-order valence-electron chi connectivity index (χ0n) is 10.9. The maximum absolute atomic E-state index is 9.20. The molecule has 0 spiro atoms. The summed E-state index contributed by atoms with van der Waals surface area (Å²) in [5.74, 6) is 2.13. The number of benzene rings is 1. The number of aliphatic hydroxyl groups excluding tert-OH is 1. The summed E-state index contributed by atoms with van der Waals surface area (Å²) in [4.78, 5) is 3.95. The largest absolute Gasteiger partial charge is 0.494 e. The number of nitrogens with zero attached hydrogens (tertiary/aromatic N) is 1. The van der Waals surface area contributed by atoms with Crippen molar-refractivity contribution in [3.05, 3.63) is 48.3 Å². The van der Waals surface area contributed by atoms with Crippen molar-refractivity contribution in [2.45, 2.75) is 20.0 Å². The number of pyridine rings is 1. The smallest absolute Gasteiger partial charge is 0.136 e. The summed E-state index contributed by atoms with van der Waals surface area (Å²) in [6.07, 6.45) is 4.20. The Balaban J connectivity index is 2.06. The Labute approximate surface area is 112 Å². The molecule has 0 saturated heterocycles. The summed E-state index contributed by atoms with van der Waals surface area (Å²) in [5, 5.41) is 9.20. The lowest BCUT2D eigenvalue weighted by Gasteiger charge is -2.10. The summed E-state index contributed by atoms with van der Waals surface area (Å²) < 4.78 is 11.2. The van der Waals surface area contributed by atoms with Gasteiger partial charge in [-0.25, -0.2) is 0 Å². The first-order valence-electron chi connectivity index (χ1n) is 6.28. The zero-order chi connectivity index (χ0) is 13.5. The van der Waals surface area contributed by atoms with E-state index in [2.05, 4.69) is 11.9 Å². The lowest BCUT2D eigenvalue weighted by molar-refractivity contribution is 0.276. The second kappa shape index (κ2) is 6.75. The van der Waals surface area contributed by atoms with Crippen molar-refractivity contribution in [1.29, 1.82) is 0 Å². The standard InChI is InChI=1S/C15H17NO3/c1-2-9-18-13-3-5-14(6-4-13)19-15-7-8-16-10-12(15)11-17/h3-8,10,17H,2,9,11H2,1H3. The molecule has 2 rings (SSSR count). The van der Waals surface area contributed by atoms with Crippen LogP contribution in [0.3, 0.4) is 0 Å². The Hall–Kier alpha value is -2.07. The van der Waals surface area contributed by atoms with Gasteiger partial charge in [-0.05, 0) is 36.8 Å². The van der Waals surface area contributed by atoms with Gasteiger partial charge in [0.2, 0.25) is 0 Å². The molecule has 0 bridgehead atoms. The Morgan fingerprint density at radius 2 is 1.84 bits per heavy atom. The van der Waals surface area contributed by atoms with Gasteiger partial charge in [0.1, 0.15) is 17.2 Å². The molecule has 0 amide bonds. The highest BCUT2D eigenvalue weighted by atomic mass is 16.5. The van der Waals surface area contributed by atoms with Crippen LogP contribution < -0.4 is 9.47 Å². The number of hydrogen-bond acceptors (Lipinski definition) is 4. The molecule has 0 radical (unpaired) electrons. The molecule has 0 aliphatic rings. The Morgan fingerprint density at radius 1 is 1.11 bits per heavy atom. The van der Waals surface area contributed by atoms with Gasteiger partial charge < -0.3 is 14.6 Å². The van der Waals surface area contributed by atoms with Crippen LogP contribution in [0.4, 0.5) is 0 Å². The average Bonchev–Trinajstić information content (AvgIpc) is 2.47. The van der Waals surface area contributed by atoms with Crippen LogP contribution in [0.15, 0.2) is 42.7 Å². The van der Waals surface area contributed by atoms with Gasteiger partial charge in [-0.3, -0.25) is 4.98 Å². The first-order chi connectivity index (χ1) is 9.33. The minimum absolute atomic E-state index is 0.0964. The van der Waals surface area contributed by atoms with E-state index < -0.39 is 0 Å². The molecular weight excluding hydrogens is 242 g/mol. The topological polar surface area (TPSA) is 51.6 Å². The van der Waals surface area contributed by atoms with Gasteiger partial charge >= 0.3 is 0 Å². The molecule has 0 saturated carbocycles. The fourth-order valence-corrected chi connectivity index (χ4v) is 1.58. The number of aliphatic hydroxyl groups is 1. The number of ether oxygens (including phenoxy) is 2. The molecule has 4 heteroatoms. The van der Waals surface area contributed by atoms with Crippen LogP contribution in [0.2, 0.25) is 0 Å². The van der Waals surface area contributed by atoms with Crippen LogP contribution in [0.1, 0.15) is 18.9 Å². The third-order valence-electron chi connectivity index (χ3n) is 2.55. The summed E-state index contributed by atoms with van der Waals surface area (Å²) >= 11 is 0. The van der Waals surface area contributed by atoms with Gasteiger partial charge in [0.25, 0.3) is 0 Å². The molecule has 1 heterocycles. The molecule has 4 nitrogen and oxygen atoms in total. The van der Waals surface area contributed by atoms with Crippen LogP contribution in [0.25, 0.3) is 0 Å². The van der Waals surface area contributed by atoms with Crippen molar-refractivity contribution in [2.24, 2.45) is 0 Å². The fourth-order valence-electron chi connectivity index (χ4n) is 1.58. The molecule has 0 unspecified atom stereocenters. The number of aromatic nitrogens is 1. The molecule has 0 aliphatic heterocycles. The lowest BCUT2D eigenvalue weighted by Crippen LogP contribution is -1.95. The zero-order valence-corrected chi connectivity index (χ0v) is 10.9. The first-order valence-corrected chi connectivity index (χ1v) is 6.28. The van der Waals surface area contributed by atoms with E-state index in [4.69, 9.17) is 9.47 Å². The van der Waals surface area contributed by atoms with Gasteiger partial charge in [0.05, 0.1) is 13.2 Å². The summed E-state index contributed by atoms with van der Waals surface area (Å²) in [6, 6.07) is 9.14. The van der Waals surface area contributed by atoms with Gasteiger partial charge in [-0.1, -0.05) is 6.92 Å². The Bertz CT molecular complexity index is 511. The molecule has 0 fully saturated rings. The molecule has 0 atom stereocenters. The Morgan fingerprint density at radius 3 is 2.53 bits per heavy atom. The van der Waals surface area contributed by atoms with Crippen LogP contribution in [0, 0.1) is 0 Å². The van der Waals surface area contributed by atoms with E-state index in [9.17, 15) is 5.11 Å². The maximum Gasteiger partial charge on any atom is 0.136 e. The lowest BCUT2D eigenvalue weighted by atomic mass is 10.2. The molecule has 1 aromatic heterocycles. The summed E-state index contributed by atoms with van der Waals surface area (Å²) in [7, 11) is 0. The monoisotopic (exact) mass is 259 g/mol. The maximum atomic E-state index is 9.20. The average molecular weight is 259 g/mol. The van der Waals surface area contributed by atoms with Crippen molar-refractivity contribution in [3.8, 4) is 17.2 Å². The molecule has 19 heavy (non-hydrogen) atoms. The third-order valence-corrected chi connectivity index (χ3v) is 2.55. The van der Waals surface area contributed by atoms with Crippen LogP contribution in [-0.2, 0) is 6.61 Å². The van der Waals surface area contributed by atoms with Crippen molar-refractivity contribution < 1.29 is 14.6 Å². The molecule has 0 aliphatic carbocycles. The fraction of sp³-hybridized carbons (Fsp3) is 0.267. The molecule has 100 valence electrons. The van der Waals surface area contributed by atoms with E-state index >= 15 is 0 Å². The summed E-state index contributed by atoms with van der Waals surface area (Å²) in [5.41, 5.74) is 0.661. The van der Waals surface area contributed by atoms with E-state index in [1.807, 2.05) is 24.3 Å². The van der Waals surface area contributed by atoms with E-state index in [1.165, 1.54) is 0 Å². The SMILES string of the molecule is CCCOc1ccc(Oc2ccncc2CO)cc1. The van der Waals surface area contributed by atoms with Gasteiger partial charge in [0.15, 0.2) is 0 Å². The normalized spacial score (nSPS) is 10.2. The van der Waals surface area contributed by atoms with E-state index in [-0.39, 0.29) is 6.61 Å². The minimum Gasteiger partial charge on any atom is -0.494 e. The second-order valence-corrected chi connectivity index (χ2v) is 4.06. The van der Waals surface area contributed by atoms with E-state index in [0.29, 0.717) is 23.7 Å². The minimum atomic E-state index is -0.0964. The molecule has 2 aromatic rings.